The third-order valence-electron chi connectivity index (χ3n) is 4.33. The highest BCUT2D eigenvalue weighted by Crippen LogP contribution is 2.13. The average molecular weight is 384 g/mol. The molecule has 0 aliphatic carbocycles. The van der Waals surface area contributed by atoms with Crippen molar-refractivity contribution in [1.82, 2.24) is 19.9 Å². The molecular weight excluding hydrogens is 354 g/mol. The Morgan fingerprint density at radius 2 is 1.96 bits per heavy atom. The van der Waals surface area contributed by atoms with Crippen molar-refractivity contribution in [3.8, 4) is 0 Å². The van der Waals surface area contributed by atoms with Crippen LogP contribution in [0, 0.1) is 0 Å². The molecule has 1 aromatic rings. The Balaban J connectivity index is 1.82. The monoisotopic (exact) mass is 383 g/mol. The molecule has 9 heteroatoms. The van der Waals surface area contributed by atoms with Gasteiger partial charge >= 0.3 is 0 Å². The predicted molar refractivity (Wildman–Crippen MR) is 102 cm³/mol. The van der Waals surface area contributed by atoms with Gasteiger partial charge in [0.2, 0.25) is 15.9 Å². The summed E-state index contributed by atoms with van der Waals surface area (Å²) in [5.74, 6) is 0.601. The summed E-state index contributed by atoms with van der Waals surface area (Å²) >= 11 is 0. The molecule has 1 aromatic heterocycles. The number of hydrogen-bond acceptors (Lipinski definition) is 6. The first-order valence-electron chi connectivity index (χ1n) is 8.97. The second kappa shape index (κ2) is 9.29. The molecule has 1 amide bonds. The van der Waals surface area contributed by atoms with Crippen LogP contribution in [0.2, 0.25) is 0 Å². The molecule has 2 N–H and O–H groups in total. The van der Waals surface area contributed by atoms with Crippen LogP contribution in [0.3, 0.4) is 0 Å². The minimum Gasteiger partial charge on any atom is -0.354 e. The molecule has 1 aliphatic rings. The number of piperazine rings is 1. The van der Waals surface area contributed by atoms with Crippen molar-refractivity contribution in [2.24, 2.45) is 0 Å². The molecule has 0 saturated carbocycles. The molecule has 1 fully saturated rings. The van der Waals surface area contributed by atoms with Crippen molar-refractivity contribution in [2.45, 2.75) is 32.9 Å². The Bertz CT molecular complexity index is 685. The number of carbonyl (C=O) groups excluding carboxylic acids is 1. The topological polar surface area (TPSA) is 94.6 Å². The Hall–Kier alpha value is -1.71. The molecule has 1 aliphatic heterocycles. The lowest BCUT2D eigenvalue weighted by Gasteiger charge is -2.33. The first kappa shape index (κ1) is 20.6. The summed E-state index contributed by atoms with van der Waals surface area (Å²) in [5, 5.41) is 2.74. The summed E-state index contributed by atoms with van der Waals surface area (Å²) in [7, 11) is -1.30. The molecule has 146 valence electrons. The van der Waals surface area contributed by atoms with Gasteiger partial charge in [0.25, 0.3) is 0 Å². The van der Waals surface area contributed by atoms with Crippen LogP contribution in [0.4, 0.5) is 5.82 Å². The van der Waals surface area contributed by atoms with Crippen molar-refractivity contribution in [1.29, 1.82) is 0 Å². The highest BCUT2D eigenvalue weighted by atomic mass is 32.2. The van der Waals surface area contributed by atoms with E-state index < -0.39 is 16.1 Å². The largest absolute Gasteiger partial charge is 0.354 e. The lowest BCUT2D eigenvalue weighted by molar-refractivity contribution is -0.122. The lowest BCUT2D eigenvalue weighted by Crippen LogP contribution is -2.45. The van der Waals surface area contributed by atoms with E-state index in [0.717, 1.165) is 37.6 Å². The summed E-state index contributed by atoms with van der Waals surface area (Å²) in [6.45, 7) is 7.58. The van der Waals surface area contributed by atoms with Crippen LogP contribution in [-0.4, -0.2) is 69.2 Å². The molecule has 2 heterocycles. The van der Waals surface area contributed by atoms with Gasteiger partial charge in [-0.3, -0.25) is 4.79 Å². The molecule has 2 rings (SSSR count). The van der Waals surface area contributed by atoms with Gasteiger partial charge < -0.3 is 15.1 Å². The third-order valence-corrected chi connectivity index (χ3v) is 5.98. The van der Waals surface area contributed by atoms with Crippen molar-refractivity contribution in [3.05, 3.63) is 23.9 Å². The van der Waals surface area contributed by atoms with E-state index in [1.54, 1.807) is 13.1 Å². The Morgan fingerprint density at radius 1 is 1.27 bits per heavy atom. The van der Waals surface area contributed by atoms with Crippen molar-refractivity contribution in [3.63, 3.8) is 0 Å². The summed E-state index contributed by atoms with van der Waals surface area (Å²) < 4.78 is 25.8. The molecule has 0 spiro atoms. The summed E-state index contributed by atoms with van der Waals surface area (Å²) in [4.78, 5) is 21.1. The highest BCUT2D eigenvalue weighted by Gasteiger charge is 2.19. The van der Waals surface area contributed by atoms with Gasteiger partial charge in [0, 0.05) is 38.9 Å². The number of hydrogen-bond donors (Lipinski definition) is 2. The zero-order valence-corrected chi connectivity index (χ0v) is 16.6. The first-order chi connectivity index (χ1) is 12.3. The Morgan fingerprint density at radius 3 is 2.54 bits per heavy atom. The van der Waals surface area contributed by atoms with E-state index in [1.165, 1.54) is 6.92 Å². The summed E-state index contributed by atoms with van der Waals surface area (Å²) in [6.07, 6.45) is 2.26. The van der Waals surface area contributed by atoms with Crippen LogP contribution in [0.15, 0.2) is 18.3 Å². The van der Waals surface area contributed by atoms with E-state index in [9.17, 15) is 13.2 Å². The van der Waals surface area contributed by atoms with Gasteiger partial charge in [0.05, 0.1) is 11.8 Å². The standard InChI is InChI=1S/C17H29N5O3S/c1-4-11-26(24,25)20-14(2)17(23)19-13-15-5-6-16(18-12-15)22-9-7-21(3)8-10-22/h5-6,12,14,20H,4,7-11,13H2,1-3H3,(H,19,23). The number of aromatic nitrogens is 1. The quantitative estimate of drug-likeness (QED) is 0.664. The molecule has 1 saturated heterocycles. The number of nitrogens with zero attached hydrogens (tertiary/aromatic N) is 3. The molecule has 0 bridgehead atoms. The SMILES string of the molecule is CCCS(=O)(=O)NC(C)C(=O)NCc1ccc(N2CCN(C)CC2)nc1. The maximum Gasteiger partial charge on any atom is 0.238 e. The number of amides is 1. The van der Waals surface area contributed by atoms with Crippen LogP contribution in [-0.2, 0) is 21.4 Å². The maximum atomic E-state index is 12.1. The normalized spacial score (nSPS) is 17.1. The summed E-state index contributed by atoms with van der Waals surface area (Å²) in [5.41, 5.74) is 0.875. The van der Waals surface area contributed by atoms with Crippen molar-refractivity contribution in [2.75, 3.05) is 43.9 Å². The van der Waals surface area contributed by atoms with Gasteiger partial charge in [-0.25, -0.2) is 18.1 Å². The minimum atomic E-state index is -3.41. The zero-order chi connectivity index (χ0) is 19.2. The predicted octanol–water partition coefficient (Wildman–Crippen LogP) is 0.168. The molecule has 0 radical (unpaired) electrons. The van der Waals surface area contributed by atoms with Gasteiger partial charge in [-0.15, -0.1) is 0 Å². The second-order valence-corrected chi connectivity index (χ2v) is 8.56. The molecule has 8 nitrogen and oxygen atoms in total. The first-order valence-corrected chi connectivity index (χ1v) is 10.6. The number of carbonyl (C=O) groups is 1. The molecule has 0 aromatic carbocycles. The molecule has 26 heavy (non-hydrogen) atoms. The van der Waals surface area contributed by atoms with Gasteiger partial charge in [-0.1, -0.05) is 13.0 Å². The fourth-order valence-corrected chi connectivity index (χ4v) is 4.04. The van der Waals surface area contributed by atoms with E-state index in [2.05, 4.69) is 31.9 Å². The van der Waals surface area contributed by atoms with Crippen molar-refractivity contribution >= 4 is 21.7 Å². The lowest BCUT2D eigenvalue weighted by atomic mass is 10.2. The van der Waals surface area contributed by atoms with Crippen LogP contribution in [0.5, 0.6) is 0 Å². The van der Waals surface area contributed by atoms with Crippen LogP contribution in [0.25, 0.3) is 0 Å². The molecule has 1 unspecified atom stereocenters. The third kappa shape index (κ3) is 6.22. The number of rotatable bonds is 8. The highest BCUT2D eigenvalue weighted by molar-refractivity contribution is 7.89. The smallest absolute Gasteiger partial charge is 0.238 e. The van der Waals surface area contributed by atoms with Crippen LogP contribution in [0.1, 0.15) is 25.8 Å². The van der Waals surface area contributed by atoms with E-state index >= 15 is 0 Å². The van der Waals surface area contributed by atoms with Gasteiger partial charge in [-0.2, -0.15) is 0 Å². The van der Waals surface area contributed by atoms with E-state index in [-0.39, 0.29) is 11.7 Å². The fourth-order valence-electron chi connectivity index (χ4n) is 2.74. The van der Waals surface area contributed by atoms with E-state index in [1.807, 2.05) is 12.1 Å². The second-order valence-electron chi connectivity index (χ2n) is 6.69. The number of nitrogens with one attached hydrogen (secondary N) is 2. The number of anilines is 1. The average Bonchev–Trinajstić information content (AvgIpc) is 2.60. The Kier molecular flexibility index (Phi) is 7.36. The van der Waals surface area contributed by atoms with Gasteiger partial charge in [0.1, 0.15) is 5.82 Å². The van der Waals surface area contributed by atoms with E-state index in [0.29, 0.717) is 13.0 Å². The van der Waals surface area contributed by atoms with E-state index in [4.69, 9.17) is 0 Å². The molecular formula is C17H29N5O3S. The van der Waals surface area contributed by atoms with Gasteiger partial charge in [0.15, 0.2) is 0 Å². The number of pyridine rings is 1. The van der Waals surface area contributed by atoms with Crippen LogP contribution < -0.4 is 14.9 Å². The maximum absolute atomic E-state index is 12.1. The van der Waals surface area contributed by atoms with Crippen molar-refractivity contribution < 1.29 is 13.2 Å². The number of likely N-dealkylation sites (N-methyl/N-ethyl adjacent to an activating group) is 1. The molecule has 1 atom stereocenters. The minimum absolute atomic E-state index is 0.0162. The summed E-state index contributed by atoms with van der Waals surface area (Å²) in [6, 6.07) is 3.09. The number of sulfonamides is 1. The zero-order valence-electron chi connectivity index (χ0n) is 15.7. The fraction of sp³-hybridized carbons (Fsp3) is 0.647. The van der Waals surface area contributed by atoms with Gasteiger partial charge in [-0.05, 0) is 32.0 Å². The Labute approximate surface area is 156 Å². The van der Waals surface area contributed by atoms with Crippen LogP contribution >= 0.6 is 0 Å².